The van der Waals surface area contributed by atoms with Crippen molar-refractivity contribution in [1.29, 1.82) is 0 Å². The van der Waals surface area contributed by atoms with Gasteiger partial charge < -0.3 is 0 Å². The monoisotopic (exact) mass is 431 g/mol. The first-order valence-corrected chi connectivity index (χ1v) is 11.8. The van der Waals surface area contributed by atoms with Crippen LogP contribution in [0.4, 0.5) is 5.13 Å². The van der Waals surface area contributed by atoms with Crippen molar-refractivity contribution in [1.82, 2.24) is 9.29 Å². The van der Waals surface area contributed by atoms with Gasteiger partial charge in [0.1, 0.15) is 0 Å². The Bertz CT molecular complexity index is 1100. The van der Waals surface area contributed by atoms with Crippen molar-refractivity contribution in [3.05, 3.63) is 74.3 Å². The number of sulfonamides is 1. The van der Waals surface area contributed by atoms with Crippen LogP contribution in [0, 0.1) is 0 Å². The lowest BCUT2D eigenvalue weighted by Gasteiger charge is -2.23. The number of aromatic nitrogens is 1. The molecule has 0 atom stereocenters. The summed E-state index contributed by atoms with van der Waals surface area (Å²) in [6.07, 6.45) is 2.13. The molecule has 9 heteroatoms. The molecule has 1 aliphatic heterocycles. The fourth-order valence-electron chi connectivity index (χ4n) is 2.82. The van der Waals surface area contributed by atoms with E-state index in [0.29, 0.717) is 23.0 Å². The summed E-state index contributed by atoms with van der Waals surface area (Å²) >= 11 is 2.69. The molecule has 0 bridgehead atoms. The Labute approximate surface area is 171 Å². The number of hydrogen-bond acceptors (Lipinski definition) is 6. The van der Waals surface area contributed by atoms with E-state index >= 15 is 0 Å². The average molecular weight is 432 g/mol. The van der Waals surface area contributed by atoms with Crippen molar-refractivity contribution >= 4 is 49.8 Å². The molecule has 0 aliphatic carbocycles. The van der Waals surface area contributed by atoms with E-state index in [0.717, 1.165) is 16.1 Å². The van der Waals surface area contributed by atoms with Crippen molar-refractivity contribution in [3.63, 3.8) is 0 Å². The van der Waals surface area contributed by atoms with Gasteiger partial charge in [0.15, 0.2) is 5.13 Å². The second kappa shape index (κ2) is 7.96. The number of thiazole rings is 1. The van der Waals surface area contributed by atoms with Crippen LogP contribution in [0.1, 0.15) is 25.8 Å². The number of rotatable bonds is 5. The van der Waals surface area contributed by atoms with Crippen molar-refractivity contribution in [2.45, 2.75) is 13.0 Å². The molecule has 6 nitrogen and oxygen atoms in total. The third-order valence-corrected chi connectivity index (χ3v) is 7.63. The number of hydrogen-bond donors (Lipinski definition) is 1. The van der Waals surface area contributed by atoms with Crippen molar-refractivity contribution < 1.29 is 13.2 Å². The van der Waals surface area contributed by atoms with Crippen LogP contribution < -0.4 is 5.32 Å². The van der Waals surface area contributed by atoms with Crippen LogP contribution in [-0.4, -0.2) is 30.2 Å². The smallest absolute Gasteiger partial charge is 0.267 e. The lowest BCUT2D eigenvalue weighted by Crippen LogP contribution is -2.34. The largest absolute Gasteiger partial charge is 0.297 e. The third kappa shape index (κ3) is 4.22. The highest BCUT2D eigenvalue weighted by Crippen LogP contribution is 2.30. The van der Waals surface area contributed by atoms with Gasteiger partial charge in [-0.15, -0.1) is 22.7 Å². The first kappa shape index (κ1) is 19.0. The van der Waals surface area contributed by atoms with Crippen LogP contribution in [0.15, 0.2) is 53.3 Å². The minimum atomic E-state index is -3.53. The normalized spacial score (nSPS) is 14.9. The molecule has 0 saturated heterocycles. The number of fused-ring (bicyclic) bond motifs is 1. The summed E-state index contributed by atoms with van der Waals surface area (Å²) in [5.41, 5.74) is 1.69. The fourth-order valence-corrected chi connectivity index (χ4v) is 5.70. The molecule has 0 unspecified atom stereocenters. The Morgan fingerprint density at radius 3 is 2.75 bits per heavy atom. The van der Waals surface area contributed by atoms with Crippen LogP contribution >= 0.6 is 22.7 Å². The highest BCUT2D eigenvalue weighted by atomic mass is 32.2. The van der Waals surface area contributed by atoms with Gasteiger partial charge in [-0.2, -0.15) is 4.31 Å². The molecule has 3 heterocycles. The van der Waals surface area contributed by atoms with Gasteiger partial charge in [0.2, 0.25) is 10.0 Å². The zero-order chi connectivity index (χ0) is 19.6. The van der Waals surface area contributed by atoms with E-state index in [1.165, 1.54) is 32.4 Å². The van der Waals surface area contributed by atoms with Crippen molar-refractivity contribution in [2.75, 3.05) is 11.9 Å². The molecule has 144 valence electrons. The molecule has 0 fully saturated rings. The average Bonchev–Trinajstić information content (AvgIpc) is 3.36. The molecule has 1 N–H and O–H groups in total. The Kier molecular flexibility index (Phi) is 5.40. The molecule has 4 rings (SSSR count). The quantitative estimate of drug-likeness (QED) is 0.666. The second-order valence-corrected chi connectivity index (χ2v) is 10.0. The molecular formula is C19H17N3O3S3. The van der Waals surface area contributed by atoms with E-state index in [-0.39, 0.29) is 12.5 Å². The number of carbonyl (C=O) groups is 1. The Morgan fingerprint density at radius 1 is 1.18 bits per heavy atom. The van der Waals surface area contributed by atoms with E-state index in [1.54, 1.807) is 12.1 Å². The second-order valence-electron chi connectivity index (χ2n) is 6.16. The van der Waals surface area contributed by atoms with E-state index in [4.69, 9.17) is 0 Å². The van der Waals surface area contributed by atoms with Gasteiger partial charge >= 0.3 is 0 Å². The van der Waals surface area contributed by atoms with E-state index in [9.17, 15) is 13.2 Å². The topological polar surface area (TPSA) is 79.4 Å². The number of benzene rings is 1. The summed E-state index contributed by atoms with van der Waals surface area (Å²) in [7, 11) is -3.53. The van der Waals surface area contributed by atoms with Gasteiger partial charge in [-0.25, -0.2) is 13.4 Å². The number of nitrogens with zero attached hydrogens (tertiary/aromatic N) is 2. The predicted molar refractivity (Wildman–Crippen MR) is 113 cm³/mol. The van der Waals surface area contributed by atoms with E-state index < -0.39 is 10.0 Å². The molecule has 3 aromatic rings. The van der Waals surface area contributed by atoms with Gasteiger partial charge in [0.25, 0.3) is 5.91 Å². The molecule has 0 spiro atoms. The molecule has 0 radical (unpaired) electrons. The van der Waals surface area contributed by atoms with Gasteiger partial charge in [0.05, 0.1) is 17.1 Å². The summed E-state index contributed by atoms with van der Waals surface area (Å²) in [5, 5.41) is 6.39. The Hall–Kier alpha value is -2.33. The molecule has 2 aromatic heterocycles. The standard InChI is InChI=1S/C19H17N3O3S3/c23-18(16-7-4-11-26-16)21-19-20-15-8-10-22(13-17(15)27-19)28(24,25)12-9-14-5-2-1-3-6-14/h1-7,9,11-12H,8,10,13H2,(H,20,21,23)/b12-9+. The fraction of sp³-hybridized carbons (Fsp3) is 0.158. The highest BCUT2D eigenvalue weighted by Gasteiger charge is 2.28. The first-order chi connectivity index (χ1) is 13.5. The molecular weight excluding hydrogens is 414 g/mol. The van der Waals surface area contributed by atoms with E-state index in [2.05, 4.69) is 10.3 Å². The summed E-state index contributed by atoms with van der Waals surface area (Å²) in [4.78, 5) is 18.1. The molecule has 0 saturated carbocycles. The number of amides is 1. The van der Waals surface area contributed by atoms with Gasteiger partial charge in [0, 0.05) is 23.3 Å². The van der Waals surface area contributed by atoms with Gasteiger partial charge in [-0.3, -0.25) is 10.1 Å². The zero-order valence-corrected chi connectivity index (χ0v) is 17.2. The first-order valence-electron chi connectivity index (χ1n) is 8.58. The van der Waals surface area contributed by atoms with E-state index in [1.807, 2.05) is 41.8 Å². The van der Waals surface area contributed by atoms with Crippen LogP contribution in [0.25, 0.3) is 6.08 Å². The minimum absolute atomic E-state index is 0.198. The maximum absolute atomic E-state index is 12.7. The van der Waals surface area contributed by atoms with Crippen LogP contribution in [0.3, 0.4) is 0 Å². The van der Waals surface area contributed by atoms with Crippen molar-refractivity contribution in [2.24, 2.45) is 0 Å². The molecule has 1 amide bonds. The molecule has 1 aromatic carbocycles. The van der Waals surface area contributed by atoms with Crippen LogP contribution in [-0.2, 0) is 23.0 Å². The maximum atomic E-state index is 12.7. The lowest BCUT2D eigenvalue weighted by atomic mass is 10.2. The van der Waals surface area contributed by atoms with Crippen LogP contribution in [0.2, 0.25) is 0 Å². The number of thiophene rings is 1. The predicted octanol–water partition coefficient (Wildman–Crippen LogP) is 3.82. The zero-order valence-electron chi connectivity index (χ0n) is 14.7. The molecule has 28 heavy (non-hydrogen) atoms. The Balaban J connectivity index is 1.46. The van der Waals surface area contributed by atoms with Gasteiger partial charge in [-0.1, -0.05) is 36.4 Å². The van der Waals surface area contributed by atoms with Crippen molar-refractivity contribution in [3.8, 4) is 0 Å². The number of nitrogens with one attached hydrogen (secondary N) is 1. The maximum Gasteiger partial charge on any atom is 0.267 e. The Morgan fingerprint density at radius 2 is 2.00 bits per heavy atom. The lowest BCUT2D eigenvalue weighted by molar-refractivity contribution is 0.103. The molecule has 1 aliphatic rings. The number of anilines is 1. The summed E-state index contributed by atoms with van der Waals surface area (Å²) < 4.78 is 26.8. The summed E-state index contributed by atoms with van der Waals surface area (Å²) in [5.74, 6) is -0.198. The number of carbonyl (C=O) groups excluding carboxylic acids is 1. The highest BCUT2D eigenvalue weighted by molar-refractivity contribution is 7.92. The van der Waals surface area contributed by atoms with Gasteiger partial charge in [-0.05, 0) is 23.1 Å². The third-order valence-electron chi connectivity index (χ3n) is 4.25. The summed E-state index contributed by atoms with van der Waals surface area (Å²) in [6.45, 7) is 0.639. The summed E-state index contributed by atoms with van der Waals surface area (Å²) in [6, 6.07) is 12.9. The SMILES string of the molecule is O=C(Nc1nc2c(s1)CN(S(=O)(=O)/C=C/c1ccccc1)CC2)c1cccs1. The van der Waals surface area contributed by atoms with Crippen LogP contribution in [0.5, 0.6) is 0 Å². The minimum Gasteiger partial charge on any atom is -0.297 e.